The second kappa shape index (κ2) is 8.52. The Morgan fingerprint density at radius 2 is 1.96 bits per heavy atom. The maximum atomic E-state index is 12.9. The second-order valence-corrected chi connectivity index (χ2v) is 9.08. The lowest BCUT2D eigenvalue weighted by Crippen LogP contribution is -2.39. The van der Waals surface area contributed by atoms with Gasteiger partial charge < -0.3 is 5.32 Å². The summed E-state index contributed by atoms with van der Waals surface area (Å²) in [6.07, 6.45) is 6.87. The molecule has 1 atom stereocenters. The molecular weight excluding hydrogens is 362 g/mol. The van der Waals surface area contributed by atoms with Crippen LogP contribution in [0.3, 0.4) is 0 Å². The lowest BCUT2D eigenvalue weighted by molar-refractivity contribution is 0.0953. The van der Waals surface area contributed by atoms with Crippen molar-refractivity contribution < 1.29 is 13.2 Å². The zero-order valence-electron chi connectivity index (χ0n) is 15.4. The summed E-state index contributed by atoms with van der Waals surface area (Å²) in [7, 11) is -3.64. The van der Waals surface area contributed by atoms with Gasteiger partial charge in [0, 0.05) is 18.3 Å². The number of hydrogen-bond acceptors (Lipinski definition) is 4. The van der Waals surface area contributed by atoms with Crippen molar-refractivity contribution in [3.05, 3.63) is 59.9 Å². The van der Waals surface area contributed by atoms with Crippen LogP contribution >= 0.6 is 0 Å². The molecule has 3 rings (SSSR count). The highest BCUT2D eigenvalue weighted by molar-refractivity contribution is 7.93. The van der Waals surface area contributed by atoms with Crippen molar-refractivity contribution in [2.75, 3.05) is 11.3 Å². The molecule has 2 N–H and O–H groups in total. The number of sulfonamides is 1. The molecule has 1 heterocycles. The van der Waals surface area contributed by atoms with Gasteiger partial charge >= 0.3 is 0 Å². The molecule has 0 radical (unpaired) electrons. The number of aromatic nitrogens is 1. The van der Waals surface area contributed by atoms with Crippen molar-refractivity contribution in [1.82, 2.24) is 10.3 Å². The third kappa shape index (κ3) is 5.79. The molecule has 1 amide bonds. The number of anilines is 1. The van der Waals surface area contributed by atoms with E-state index in [1.54, 1.807) is 36.5 Å². The number of nitrogens with zero attached hydrogens (tertiary/aromatic N) is 1. The van der Waals surface area contributed by atoms with Gasteiger partial charge in [-0.25, -0.2) is 8.42 Å². The van der Waals surface area contributed by atoms with Crippen molar-refractivity contribution in [3.63, 3.8) is 0 Å². The van der Waals surface area contributed by atoms with Gasteiger partial charge in [-0.15, -0.1) is 0 Å². The van der Waals surface area contributed by atoms with E-state index in [0.717, 1.165) is 12.0 Å². The molecule has 0 aliphatic heterocycles. The summed E-state index contributed by atoms with van der Waals surface area (Å²) in [5.74, 6) is 0.354. The first-order valence-electron chi connectivity index (χ1n) is 9.20. The van der Waals surface area contributed by atoms with Gasteiger partial charge in [0.1, 0.15) is 0 Å². The van der Waals surface area contributed by atoms with Gasteiger partial charge in [-0.05, 0) is 49.4 Å². The van der Waals surface area contributed by atoms with Gasteiger partial charge in [0.2, 0.25) is 10.0 Å². The van der Waals surface area contributed by atoms with Crippen LogP contribution in [-0.4, -0.2) is 31.1 Å². The van der Waals surface area contributed by atoms with Crippen molar-refractivity contribution >= 4 is 21.6 Å². The van der Waals surface area contributed by atoms with Crippen LogP contribution in [0.25, 0.3) is 0 Å². The molecule has 144 valence electrons. The van der Waals surface area contributed by atoms with E-state index in [-0.39, 0.29) is 12.5 Å². The fourth-order valence-electron chi connectivity index (χ4n) is 2.95. The fourth-order valence-corrected chi connectivity index (χ4v) is 4.31. The van der Waals surface area contributed by atoms with Crippen LogP contribution in [0.4, 0.5) is 5.69 Å². The maximum absolute atomic E-state index is 12.9. The first-order valence-corrected chi connectivity index (χ1v) is 10.8. The number of rotatable bonds is 9. The van der Waals surface area contributed by atoms with Gasteiger partial charge in [-0.1, -0.05) is 31.0 Å². The molecule has 1 fully saturated rings. The number of pyridine rings is 1. The first kappa shape index (κ1) is 19.4. The van der Waals surface area contributed by atoms with Gasteiger partial charge in [0.25, 0.3) is 5.91 Å². The number of hydrogen-bond donors (Lipinski definition) is 2. The molecule has 7 heteroatoms. The van der Waals surface area contributed by atoms with Gasteiger partial charge in [-0.3, -0.25) is 14.5 Å². The number of carbonyl (C=O) groups excluding carboxylic acids is 1. The number of nitrogens with one attached hydrogen (secondary N) is 2. The standard InChI is InChI=1S/C20H25N3O3S/c1-15-11-18(13-21-12-15)23-27(25,26)19(10-9-16-7-8-16)14-22-20(24)17-5-3-2-4-6-17/h2-6,11-13,16,19,23H,7-10,14H2,1H3,(H,22,24). The van der Waals surface area contributed by atoms with Gasteiger partial charge in [0.15, 0.2) is 0 Å². The van der Waals surface area contributed by atoms with Gasteiger partial charge in [0.05, 0.1) is 17.1 Å². The molecule has 6 nitrogen and oxygen atoms in total. The average Bonchev–Trinajstić information content (AvgIpc) is 3.46. The highest BCUT2D eigenvalue weighted by Gasteiger charge is 2.30. The Labute approximate surface area is 160 Å². The summed E-state index contributed by atoms with van der Waals surface area (Å²) in [6.45, 7) is 1.94. The average molecular weight is 388 g/mol. The molecule has 0 bridgehead atoms. The Bertz CT molecular complexity index is 880. The SMILES string of the molecule is Cc1cncc(NS(=O)(=O)C(CCC2CC2)CNC(=O)c2ccccc2)c1. The summed E-state index contributed by atoms with van der Waals surface area (Å²) in [5.41, 5.74) is 1.84. The molecule has 1 aliphatic rings. The fraction of sp³-hybridized carbons (Fsp3) is 0.400. The predicted molar refractivity (Wildman–Crippen MR) is 106 cm³/mol. The minimum Gasteiger partial charge on any atom is -0.351 e. The van der Waals surface area contributed by atoms with E-state index >= 15 is 0 Å². The summed E-state index contributed by atoms with van der Waals surface area (Å²) < 4.78 is 28.4. The Morgan fingerprint density at radius 3 is 2.63 bits per heavy atom. The minimum absolute atomic E-state index is 0.0784. The van der Waals surface area contributed by atoms with Crippen LogP contribution in [0.2, 0.25) is 0 Å². The number of carbonyl (C=O) groups is 1. The van der Waals surface area contributed by atoms with Crippen LogP contribution in [0, 0.1) is 12.8 Å². The van der Waals surface area contributed by atoms with Crippen LogP contribution < -0.4 is 10.0 Å². The molecule has 0 spiro atoms. The van der Waals surface area contributed by atoms with Crippen LogP contribution in [0.1, 0.15) is 41.6 Å². The van der Waals surface area contributed by atoms with Crippen LogP contribution in [0.15, 0.2) is 48.8 Å². The summed E-state index contributed by atoms with van der Waals surface area (Å²) in [4.78, 5) is 16.3. The lowest BCUT2D eigenvalue weighted by atomic mass is 10.1. The van der Waals surface area contributed by atoms with E-state index in [1.807, 2.05) is 13.0 Å². The third-order valence-electron chi connectivity index (χ3n) is 4.69. The number of benzene rings is 1. The molecule has 27 heavy (non-hydrogen) atoms. The Balaban J connectivity index is 1.68. The highest BCUT2D eigenvalue weighted by atomic mass is 32.2. The quantitative estimate of drug-likeness (QED) is 0.692. The summed E-state index contributed by atoms with van der Waals surface area (Å²) >= 11 is 0. The molecule has 1 aromatic heterocycles. The Kier molecular flexibility index (Phi) is 6.11. The van der Waals surface area contributed by atoms with Gasteiger partial charge in [-0.2, -0.15) is 0 Å². The van der Waals surface area contributed by atoms with E-state index in [9.17, 15) is 13.2 Å². The molecule has 0 saturated heterocycles. The zero-order chi connectivity index (χ0) is 19.3. The lowest BCUT2D eigenvalue weighted by Gasteiger charge is -2.19. The van der Waals surface area contributed by atoms with Crippen molar-refractivity contribution in [2.45, 2.75) is 37.9 Å². The monoisotopic (exact) mass is 387 g/mol. The van der Waals surface area contributed by atoms with Crippen LogP contribution in [-0.2, 0) is 10.0 Å². The molecule has 2 aromatic rings. The molecule has 1 aromatic carbocycles. The smallest absolute Gasteiger partial charge is 0.251 e. The second-order valence-electron chi connectivity index (χ2n) is 7.12. The molecular formula is C20H25N3O3S. The van der Waals surface area contributed by atoms with E-state index in [1.165, 1.54) is 19.0 Å². The molecule has 1 saturated carbocycles. The summed E-state index contributed by atoms with van der Waals surface area (Å²) in [5, 5.41) is 2.08. The first-order chi connectivity index (χ1) is 12.9. The molecule has 1 aliphatic carbocycles. The minimum atomic E-state index is -3.64. The van der Waals surface area contributed by atoms with E-state index in [2.05, 4.69) is 15.0 Å². The predicted octanol–water partition coefficient (Wildman–Crippen LogP) is 3.12. The maximum Gasteiger partial charge on any atom is 0.251 e. The normalized spacial score (nSPS) is 15.1. The van der Waals surface area contributed by atoms with Crippen molar-refractivity contribution in [3.8, 4) is 0 Å². The van der Waals surface area contributed by atoms with Crippen LogP contribution in [0.5, 0.6) is 0 Å². The Hall–Kier alpha value is -2.41. The highest BCUT2D eigenvalue weighted by Crippen LogP contribution is 2.34. The van der Waals surface area contributed by atoms with E-state index < -0.39 is 15.3 Å². The summed E-state index contributed by atoms with van der Waals surface area (Å²) in [6, 6.07) is 10.6. The number of amides is 1. The van der Waals surface area contributed by atoms with E-state index in [4.69, 9.17) is 0 Å². The Morgan fingerprint density at radius 1 is 1.22 bits per heavy atom. The number of aryl methyl sites for hydroxylation is 1. The molecule has 1 unspecified atom stereocenters. The van der Waals surface area contributed by atoms with Crippen molar-refractivity contribution in [1.29, 1.82) is 0 Å². The topological polar surface area (TPSA) is 88.2 Å². The largest absolute Gasteiger partial charge is 0.351 e. The zero-order valence-corrected chi connectivity index (χ0v) is 16.2. The third-order valence-corrected chi connectivity index (χ3v) is 6.49. The van der Waals surface area contributed by atoms with E-state index in [0.29, 0.717) is 23.6 Å². The van der Waals surface area contributed by atoms with Crippen molar-refractivity contribution in [2.24, 2.45) is 5.92 Å².